The van der Waals surface area contributed by atoms with Gasteiger partial charge in [0.1, 0.15) is 17.7 Å². The molecule has 96 valence electrons. The molecule has 0 amide bonds. The van der Waals surface area contributed by atoms with E-state index in [1.807, 2.05) is 24.3 Å². The number of carbonyl (C=O) groups is 2. The number of phenols is 1. The van der Waals surface area contributed by atoms with Crippen molar-refractivity contribution in [2.45, 2.75) is 0 Å². The molecule has 0 aliphatic carbocycles. The van der Waals surface area contributed by atoms with Gasteiger partial charge in [0, 0.05) is 6.08 Å². The monoisotopic (exact) mass is 256 g/mol. The lowest BCUT2D eigenvalue weighted by Crippen LogP contribution is -2.27. The van der Waals surface area contributed by atoms with Gasteiger partial charge >= 0.3 is 0 Å². The molecule has 0 atom stereocenters. The van der Waals surface area contributed by atoms with Crippen LogP contribution in [0, 0.1) is 0 Å². The Bertz CT molecular complexity index is 677. The van der Waals surface area contributed by atoms with Crippen LogP contribution >= 0.6 is 0 Å². The molecule has 0 saturated carbocycles. The number of fused-ring (bicyclic) bond motifs is 1. The van der Waals surface area contributed by atoms with Crippen LogP contribution < -0.4 is 11.3 Å². The fourth-order valence-electron chi connectivity index (χ4n) is 1.81. The number of allylic oxidation sites excluding steroid dienone is 2. The SMILES string of the molecule is NNC(=CC=O)C(=O)c1cc2ccccc2cc1O. The first-order chi connectivity index (χ1) is 9.17. The maximum absolute atomic E-state index is 12.1. The van der Waals surface area contributed by atoms with Gasteiger partial charge in [-0.1, -0.05) is 24.3 Å². The molecule has 0 heterocycles. The summed E-state index contributed by atoms with van der Waals surface area (Å²) in [6, 6.07) is 10.4. The van der Waals surface area contributed by atoms with E-state index in [0.717, 1.165) is 16.8 Å². The first-order valence-electron chi connectivity index (χ1n) is 5.56. The van der Waals surface area contributed by atoms with Gasteiger partial charge in [0.2, 0.25) is 5.78 Å². The number of phenolic OH excluding ortho intramolecular Hbond substituents is 1. The third-order valence-electron chi connectivity index (χ3n) is 2.74. The van der Waals surface area contributed by atoms with Crippen LogP contribution in [-0.4, -0.2) is 17.2 Å². The number of hydrogen-bond donors (Lipinski definition) is 3. The number of benzene rings is 2. The normalized spacial score (nSPS) is 11.3. The summed E-state index contributed by atoms with van der Waals surface area (Å²) in [5.74, 6) is 4.48. The highest BCUT2D eigenvalue weighted by Gasteiger charge is 2.16. The first-order valence-corrected chi connectivity index (χ1v) is 5.56. The number of carbonyl (C=O) groups excluding carboxylic acids is 2. The molecule has 19 heavy (non-hydrogen) atoms. The first kappa shape index (κ1) is 12.8. The Balaban J connectivity index is 2.56. The number of aromatic hydroxyl groups is 1. The van der Waals surface area contributed by atoms with E-state index < -0.39 is 5.78 Å². The Morgan fingerprint density at radius 3 is 2.42 bits per heavy atom. The van der Waals surface area contributed by atoms with Crippen molar-refractivity contribution in [1.82, 2.24) is 5.43 Å². The number of rotatable bonds is 4. The van der Waals surface area contributed by atoms with Crippen LogP contribution in [0.1, 0.15) is 10.4 Å². The molecule has 2 aromatic carbocycles. The molecule has 2 rings (SSSR count). The van der Waals surface area contributed by atoms with Crippen molar-refractivity contribution in [2.75, 3.05) is 0 Å². The van der Waals surface area contributed by atoms with Gasteiger partial charge in [-0.2, -0.15) is 0 Å². The standard InChI is InChI=1S/C14H12N2O3/c15-16-12(5-6-17)14(19)11-7-9-3-1-2-4-10(9)8-13(11)18/h1-8,16,18H,15H2. The van der Waals surface area contributed by atoms with Crippen LogP contribution in [0.2, 0.25) is 0 Å². The predicted octanol–water partition coefficient (Wildman–Crippen LogP) is 1.27. The summed E-state index contributed by atoms with van der Waals surface area (Å²) in [6.07, 6.45) is 1.46. The fourth-order valence-corrected chi connectivity index (χ4v) is 1.81. The Kier molecular flexibility index (Phi) is 3.58. The molecule has 2 aromatic rings. The van der Waals surface area contributed by atoms with Crippen molar-refractivity contribution in [3.8, 4) is 5.75 Å². The summed E-state index contributed by atoms with van der Waals surface area (Å²) < 4.78 is 0. The quantitative estimate of drug-likeness (QED) is 0.252. The van der Waals surface area contributed by atoms with Gasteiger partial charge in [-0.25, -0.2) is 0 Å². The average molecular weight is 256 g/mol. The lowest BCUT2D eigenvalue weighted by Gasteiger charge is -2.08. The van der Waals surface area contributed by atoms with Crippen molar-refractivity contribution in [1.29, 1.82) is 0 Å². The second kappa shape index (κ2) is 5.32. The van der Waals surface area contributed by atoms with Gasteiger partial charge < -0.3 is 10.5 Å². The Morgan fingerprint density at radius 1 is 1.21 bits per heavy atom. The van der Waals surface area contributed by atoms with Crippen molar-refractivity contribution in [3.05, 3.63) is 53.7 Å². The number of hydrogen-bond acceptors (Lipinski definition) is 5. The van der Waals surface area contributed by atoms with Crippen molar-refractivity contribution in [2.24, 2.45) is 5.84 Å². The minimum absolute atomic E-state index is 0.0828. The number of ketones is 1. The zero-order valence-electron chi connectivity index (χ0n) is 9.96. The molecular weight excluding hydrogens is 244 g/mol. The van der Waals surface area contributed by atoms with Gasteiger partial charge in [0.15, 0.2) is 0 Å². The highest BCUT2D eigenvalue weighted by Crippen LogP contribution is 2.26. The lowest BCUT2D eigenvalue weighted by atomic mass is 10.0. The summed E-state index contributed by atoms with van der Waals surface area (Å²) in [6.45, 7) is 0. The van der Waals surface area contributed by atoms with Gasteiger partial charge in [0.25, 0.3) is 0 Å². The molecule has 0 radical (unpaired) electrons. The van der Waals surface area contributed by atoms with Gasteiger partial charge in [-0.05, 0) is 22.9 Å². The maximum Gasteiger partial charge on any atom is 0.214 e. The van der Waals surface area contributed by atoms with Gasteiger partial charge in [-0.3, -0.25) is 15.4 Å². The number of hydrazine groups is 1. The van der Waals surface area contributed by atoms with Crippen LogP contribution in [0.4, 0.5) is 0 Å². The van der Waals surface area contributed by atoms with E-state index in [4.69, 9.17) is 5.84 Å². The fraction of sp³-hybridized carbons (Fsp3) is 0. The predicted molar refractivity (Wildman–Crippen MR) is 71.4 cm³/mol. The van der Waals surface area contributed by atoms with E-state index in [1.54, 1.807) is 6.07 Å². The Labute approximate surface area is 109 Å². The molecule has 0 bridgehead atoms. The van der Waals surface area contributed by atoms with Crippen molar-refractivity contribution < 1.29 is 14.7 Å². The minimum Gasteiger partial charge on any atom is -0.507 e. The van der Waals surface area contributed by atoms with Crippen LogP contribution in [0.15, 0.2) is 48.2 Å². The van der Waals surface area contributed by atoms with E-state index >= 15 is 0 Å². The summed E-state index contributed by atoms with van der Waals surface area (Å²) in [5.41, 5.74) is 2.15. The van der Waals surface area contributed by atoms with E-state index in [9.17, 15) is 14.7 Å². The number of nitrogens with one attached hydrogen (secondary N) is 1. The molecule has 0 aliphatic rings. The zero-order chi connectivity index (χ0) is 13.8. The molecular formula is C14H12N2O3. The van der Waals surface area contributed by atoms with Gasteiger partial charge in [-0.15, -0.1) is 0 Å². The highest BCUT2D eigenvalue weighted by atomic mass is 16.3. The lowest BCUT2D eigenvalue weighted by molar-refractivity contribution is -0.104. The molecule has 0 spiro atoms. The number of aldehydes is 1. The Morgan fingerprint density at radius 2 is 1.84 bits per heavy atom. The van der Waals surface area contributed by atoms with E-state index in [1.165, 1.54) is 6.07 Å². The Hall–Kier alpha value is -2.66. The second-order valence-electron chi connectivity index (χ2n) is 3.91. The van der Waals surface area contributed by atoms with Crippen LogP contribution in [-0.2, 0) is 4.79 Å². The molecule has 0 fully saturated rings. The van der Waals surface area contributed by atoms with E-state index in [0.29, 0.717) is 6.29 Å². The third-order valence-corrected chi connectivity index (χ3v) is 2.74. The topological polar surface area (TPSA) is 92.4 Å². The van der Waals surface area contributed by atoms with E-state index in [2.05, 4.69) is 5.43 Å². The highest BCUT2D eigenvalue weighted by molar-refractivity contribution is 6.13. The molecule has 5 nitrogen and oxygen atoms in total. The van der Waals surface area contributed by atoms with Crippen LogP contribution in [0.5, 0.6) is 5.75 Å². The molecule has 4 N–H and O–H groups in total. The summed E-state index contributed by atoms with van der Waals surface area (Å²) in [7, 11) is 0. The molecule has 5 heteroatoms. The minimum atomic E-state index is -0.544. The summed E-state index contributed by atoms with van der Waals surface area (Å²) in [5, 5.41) is 11.5. The van der Waals surface area contributed by atoms with Crippen LogP contribution in [0.3, 0.4) is 0 Å². The van der Waals surface area contributed by atoms with Gasteiger partial charge in [0.05, 0.1) is 5.56 Å². The average Bonchev–Trinajstić information content (AvgIpc) is 2.43. The summed E-state index contributed by atoms with van der Waals surface area (Å²) in [4.78, 5) is 22.5. The molecule has 0 unspecified atom stereocenters. The second-order valence-corrected chi connectivity index (χ2v) is 3.91. The molecule has 0 aromatic heterocycles. The van der Waals surface area contributed by atoms with E-state index in [-0.39, 0.29) is 17.0 Å². The zero-order valence-corrected chi connectivity index (χ0v) is 9.96. The van der Waals surface area contributed by atoms with Crippen molar-refractivity contribution in [3.63, 3.8) is 0 Å². The van der Waals surface area contributed by atoms with Crippen LogP contribution in [0.25, 0.3) is 10.8 Å². The maximum atomic E-state index is 12.1. The summed E-state index contributed by atoms with van der Waals surface area (Å²) >= 11 is 0. The molecule has 0 saturated heterocycles. The largest absolute Gasteiger partial charge is 0.507 e. The van der Waals surface area contributed by atoms with Crippen molar-refractivity contribution >= 4 is 22.8 Å². The third kappa shape index (κ3) is 2.46. The number of nitrogens with two attached hydrogens (primary N) is 1. The molecule has 0 aliphatic heterocycles. The smallest absolute Gasteiger partial charge is 0.214 e. The number of Topliss-reactive ketones (excluding diaryl/α,β-unsaturated/α-hetero) is 1.